The topological polar surface area (TPSA) is 98.3 Å². The van der Waals surface area contributed by atoms with Crippen molar-refractivity contribution in [2.24, 2.45) is 0 Å². The van der Waals surface area contributed by atoms with Gasteiger partial charge in [0.15, 0.2) is 5.69 Å². The molecule has 1 amide bonds. The van der Waals surface area contributed by atoms with Crippen LogP contribution in [-0.4, -0.2) is 32.6 Å². The van der Waals surface area contributed by atoms with Crippen molar-refractivity contribution in [2.45, 2.75) is 39.3 Å². The molecule has 30 heavy (non-hydrogen) atoms. The number of carbonyl (C=O) groups excluding carboxylic acids is 1. The van der Waals surface area contributed by atoms with Gasteiger partial charge in [-0.2, -0.15) is 5.10 Å². The average Bonchev–Trinajstić information content (AvgIpc) is 2.75. The summed E-state index contributed by atoms with van der Waals surface area (Å²) in [5, 5.41) is 16.3. The van der Waals surface area contributed by atoms with E-state index in [9.17, 15) is 19.7 Å². The standard InChI is InChI=1S/C22H24N4O4/c1-3-4-7-13-25-21(27)19-12-6-5-11-18(19)20(23-25)22(28)24(2)15-16-9-8-10-17(14-16)26(29)30/h5-6,8-12,14H,3-4,7,13,15H2,1-2H3. The summed E-state index contributed by atoms with van der Waals surface area (Å²) in [5.41, 5.74) is 0.608. The third-order valence-corrected chi connectivity index (χ3v) is 4.93. The van der Waals surface area contributed by atoms with Gasteiger partial charge in [-0.1, -0.05) is 50.1 Å². The number of aryl methyl sites for hydroxylation is 1. The van der Waals surface area contributed by atoms with Crippen molar-refractivity contribution in [3.63, 3.8) is 0 Å². The van der Waals surface area contributed by atoms with Gasteiger partial charge in [-0.15, -0.1) is 0 Å². The molecule has 0 radical (unpaired) electrons. The zero-order valence-electron chi connectivity index (χ0n) is 17.1. The molecular weight excluding hydrogens is 384 g/mol. The van der Waals surface area contributed by atoms with Gasteiger partial charge in [-0.05, 0) is 18.1 Å². The highest BCUT2D eigenvalue weighted by atomic mass is 16.6. The molecule has 0 aliphatic carbocycles. The molecule has 0 saturated carbocycles. The van der Waals surface area contributed by atoms with Crippen molar-refractivity contribution in [1.82, 2.24) is 14.7 Å². The Bertz CT molecular complexity index is 1140. The highest BCUT2D eigenvalue weighted by Gasteiger charge is 2.20. The van der Waals surface area contributed by atoms with Gasteiger partial charge in [0, 0.05) is 37.7 Å². The first kappa shape index (κ1) is 21.2. The highest BCUT2D eigenvalue weighted by Crippen LogP contribution is 2.18. The number of non-ortho nitro benzene ring substituents is 1. The van der Waals surface area contributed by atoms with Crippen LogP contribution in [0.25, 0.3) is 10.8 Å². The van der Waals surface area contributed by atoms with E-state index in [1.807, 2.05) is 0 Å². The Morgan fingerprint density at radius 2 is 1.87 bits per heavy atom. The first-order valence-corrected chi connectivity index (χ1v) is 9.91. The molecule has 0 unspecified atom stereocenters. The lowest BCUT2D eigenvalue weighted by atomic mass is 10.1. The number of hydrogen-bond donors (Lipinski definition) is 0. The van der Waals surface area contributed by atoms with E-state index in [2.05, 4.69) is 12.0 Å². The monoisotopic (exact) mass is 408 g/mol. The summed E-state index contributed by atoms with van der Waals surface area (Å²) in [7, 11) is 1.62. The Balaban J connectivity index is 1.95. The molecule has 0 aliphatic heterocycles. The number of carbonyl (C=O) groups is 1. The molecule has 0 spiro atoms. The molecule has 0 atom stereocenters. The van der Waals surface area contributed by atoms with Gasteiger partial charge < -0.3 is 4.90 Å². The maximum absolute atomic E-state index is 13.2. The first-order valence-electron chi connectivity index (χ1n) is 9.91. The summed E-state index contributed by atoms with van der Waals surface area (Å²) in [5.74, 6) is -0.345. The number of fused-ring (bicyclic) bond motifs is 1. The number of rotatable bonds is 8. The van der Waals surface area contributed by atoms with E-state index < -0.39 is 4.92 Å². The molecular formula is C22H24N4O4. The summed E-state index contributed by atoms with van der Waals surface area (Å²) < 4.78 is 1.37. The lowest BCUT2D eigenvalue weighted by Gasteiger charge is -2.18. The summed E-state index contributed by atoms with van der Waals surface area (Å²) in [6, 6.07) is 13.1. The van der Waals surface area contributed by atoms with Gasteiger partial charge in [0.25, 0.3) is 17.2 Å². The molecule has 2 aromatic carbocycles. The summed E-state index contributed by atoms with van der Waals surface area (Å²) in [4.78, 5) is 37.9. The molecule has 1 aromatic heterocycles. The molecule has 0 N–H and O–H groups in total. The van der Waals surface area contributed by atoms with Gasteiger partial charge in [0.2, 0.25) is 0 Å². The molecule has 0 bridgehead atoms. The van der Waals surface area contributed by atoms with Crippen molar-refractivity contribution >= 4 is 22.4 Å². The fourth-order valence-electron chi connectivity index (χ4n) is 3.35. The molecule has 8 heteroatoms. The minimum Gasteiger partial charge on any atom is -0.336 e. The van der Waals surface area contributed by atoms with E-state index in [1.165, 1.54) is 21.7 Å². The molecule has 0 aliphatic rings. The lowest BCUT2D eigenvalue weighted by molar-refractivity contribution is -0.384. The SMILES string of the molecule is CCCCCn1nc(C(=O)N(C)Cc2cccc([N+](=O)[O-])c2)c2ccccc2c1=O. The third-order valence-electron chi connectivity index (χ3n) is 4.93. The minimum atomic E-state index is -0.466. The fraction of sp³-hybridized carbons (Fsp3) is 0.318. The largest absolute Gasteiger partial charge is 0.336 e. The highest BCUT2D eigenvalue weighted by molar-refractivity contribution is 6.04. The fourth-order valence-corrected chi connectivity index (χ4v) is 3.35. The van der Waals surface area contributed by atoms with Gasteiger partial charge in [0.05, 0.1) is 10.3 Å². The predicted molar refractivity (Wildman–Crippen MR) is 114 cm³/mol. The number of nitro benzene ring substituents is 1. The summed E-state index contributed by atoms with van der Waals surface area (Å²) in [6.45, 7) is 2.71. The minimum absolute atomic E-state index is 0.0265. The number of amides is 1. The van der Waals surface area contributed by atoms with E-state index in [4.69, 9.17) is 0 Å². The van der Waals surface area contributed by atoms with E-state index in [-0.39, 0.29) is 29.4 Å². The van der Waals surface area contributed by atoms with Crippen LogP contribution in [0, 0.1) is 10.1 Å². The molecule has 1 heterocycles. The smallest absolute Gasteiger partial charge is 0.274 e. The van der Waals surface area contributed by atoms with E-state index in [1.54, 1.807) is 43.4 Å². The van der Waals surface area contributed by atoms with Crippen molar-refractivity contribution in [3.05, 3.63) is 80.3 Å². The van der Waals surface area contributed by atoms with Crippen LogP contribution in [0.15, 0.2) is 53.3 Å². The zero-order valence-corrected chi connectivity index (χ0v) is 17.1. The van der Waals surface area contributed by atoms with E-state index in [0.717, 1.165) is 19.3 Å². The van der Waals surface area contributed by atoms with Gasteiger partial charge in [-0.25, -0.2) is 4.68 Å². The molecule has 156 valence electrons. The second-order valence-electron chi connectivity index (χ2n) is 7.22. The van der Waals surface area contributed by atoms with Crippen LogP contribution in [0.5, 0.6) is 0 Å². The number of unbranched alkanes of at least 4 members (excludes halogenated alkanes) is 2. The molecule has 3 aromatic rings. The van der Waals surface area contributed by atoms with Crippen LogP contribution in [0.2, 0.25) is 0 Å². The van der Waals surface area contributed by atoms with Crippen LogP contribution in [0.4, 0.5) is 5.69 Å². The number of aromatic nitrogens is 2. The summed E-state index contributed by atoms with van der Waals surface area (Å²) in [6.07, 6.45) is 2.79. The van der Waals surface area contributed by atoms with E-state index >= 15 is 0 Å². The Labute approximate surface area is 173 Å². The van der Waals surface area contributed by atoms with Crippen LogP contribution in [0.3, 0.4) is 0 Å². The second-order valence-corrected chi connectivity index (χ2v) is 7.22. The van der Waals surface area contributed by atoms with Gasteiger partial charge in [0.1, 0.15) is 0 Å². The van der Waals surface area contributed by atoms with Crippen molar-refractivity contribution in [2.75, 3.05) is 7.05 Å². The molecule has 0 fully saturated rings. The quantitative estimate of drug-likeness (QED) is 0.321. The van der Waals surface area contributed by atoms with E-state index in [0.29, 0.717) is 22.9 Å². The normalized spacial score (nSPS) is 10.9. The Morgan fingerprint density at radius 3 is 2.57 bits per heavy atom. The van der Waals surface area contributed by atoms with Gasteiger partial charge >= 0.3 is 0 Å². The number of benzene rings is 2. The van der Waals surface area contributed by atoms with Crippen LogP contribution in [-0.2, 0) is 13.1 Å². The zero-order chi connectivity index (χ0) is 21.7. The predicted octanol–water partition coefficient (Wildman–Crippen LogP) is 3.77. The van der Waals surface area contributed by atoms with Crippen molar-refractivity contribution in [3.8, 4) is 0 Å². The summed E-state index contributed by atoms with van der Waals surface area (Å²) >= 11 is 0. The Morgan fingerprint density at radius 1 is 1.13 bits per heavy atom. The van der Waals surface area contributed by atoms with Crippen LogP contribution in [0.1, 0.15) is 42.2 Å². The lowest BCUT2D eigenvalue weighted by Crippen LogP contribution is -2.32. The number of hydrogen-bond acceptors (Lipinski definition) is 5. The number of nitro groups is 1. The van der Waals surface area contributed by atoms with Crippen molar-refractivity contribution < 1.29 is 9.72 Å². The maximum atomic E-state index is 13.2. The first-order chi connectivity index (χ1) is 14.4. The molecule has 0 saturated heterocycles. The van der Waals surface area contributed by atoms with Gasteiger partial charge in [-0.3, -0.25) is 19.7 Å². The third kappa shape index (κ3) is 4.53. The second kappa shape index (κ2) is 9.30. The number of nitrogens with zero attached hydrogens (tertiary/aromatic N) is 4. The Kier molecular flexibility index (Phi) is 6.56. The average molecular weight is 408 g/mol. The molecule has 8 nitrogen and oxygen atoms in total. The Hall–Kier alpha value is -3.55. The van der Waals surface area contributed by atoms with Crippen LogP contribution < -0.4 is 5.56 Å². The van der Waals surface area contributed by atoms with Crippen LogP contribution >= 0.6 is 0 Å². The van der Waals surface area contributed by atoms with Crippen molar-refractivity contribution in [1.29, 1.82) is 0 Å². The maximum Gasteiger partial charge on any atom is 0.274 e. The molecule has 3 rings (SSSR count).